The van der Waals surface area contributed by atoms with Crippen molar-refractivity contribution in [3.05, 3.63) is 41.8 Å². The Bertz CT molecular complexity index is 426. The predicted octanol–water partition coefficient (Wildman–Crippen LogP) is 1.08. The number of hydrogen-bond donors (Lipinski definition) is 1. The molecule has 0 spiro atoms. The number of nitrogens with zero attached hydrogens (tertiary/aromatic N) is 3. The van der Waals surface area contributed by atoms with Gasteiger partial charge in [-0.3, -0.25) is 4.98 Å². The van der Waals surface area contributed by atoms with E-state index in [-0.39, 0.29) is 6.04 Å². The van der Waals surface area contributed by atoms with Crippen molar-refractivity contribution in [3.8, 4) is 0 Å². The third kappa shape index (κ3) is 2.02. The van der Waals surface area contributed by atoms with Gasteiger partial charge in [-0.05, 0) is 18.7 Å². The van der Waals surface area contributed by atoms with E-state index in [1.807, 2.05) is 19.2 Å². The second-order valence-corrected chi connectivity index (χ2v) is 3.18. The van der Waals surface area contributed by atoms with Gasteiger partial charge in [0.1, 0.15) is 0 Å². The molecule has 0 saturated carbocycles. The van der Waals surface area contributed by atoms with Gasteiger partial charge in [0.2, 0.25) is 5.89 Å². The Balaban J connectivity index is 2.33. The van der Waals surface area contributed by atoms with E-state index in [0.29, 0.717) is 11.7 Å². The summed E-state index contributed by atoms with van der Waals surface area (Å²) in [5, 5.41) is 7.01. The molecular weight excluding hydrogens is 192 g/mol. The first-order chi connectivity index (χ1) is 7.31. The van der Waals surface area contributed by atoms with Gasteiger partial charge in [0.05, 0.1) is 6.04 Å². The van der Waals surface area contributed by atoms with Crippen molar-refractivity contribution in [1.29, 1.82) is 0 Å². The van der Waals surface area contributed by atoms with Gasteiger partial charge in [0.15, 0.2) is 5.82 Å². The van der Waals surface area contributed by atoms with Crippen LogP contribution in [0.2, 0.25) is 0 Å². The molecule has 5 nitrogen and oxygen atoms in total. The van der Waals surface area contributed by atoms with Crippen LogP contribution in [0, 0.1) is 6.92 Å². The van der Waals surface area contributed by atoms with E-state index < -0.39 is 0 Å². The molecule has 0 aliphatic carbocycles. The molecule has 5 heteroatoms. The first-order valence-corrected chi connectivity index (χ1v) is 4.68. The van der Waals surface area contributed by atoms with Gasteiger partial charge in [-0.25, -0.2) is 0 Å². The monoisotopic (exact) mass is 204 g/mol. The molecule has 0 fully saturated rings. The lowest BCUT2D eigenvalue weighted by Crippen LogP contribution is -2.19. The van der Waals surface area contributed by atoms with Crippen molar-refractivity contribution in [1.82, 2.24) is 20.4 Å². The SMILES string of the molecule is CN[C@H](c1cccnc1)c1noc(C)n1. The summed E-state index contributed by atoms with van der Waals surface area (Å²) in [4.78, 5) is 8.25. The second-order valence-electron chi connectivity index (χ2n) is 3.18. The summed E-state index contributed by atoms with van der Waals surface area (Å²) in [7, 11) is 1.85. The molecule has 1 atom stereocenters. The normalized spacial score (nSPS) is 12.7. The van der Waals surface area contributed by atoms with Crippen molar-refractivity contribution in [2.75, 3.05) is 7.05 Å². The van der Waals surface area contributed by atoms with Crippen molar-refractivity contribution in [3.63, 3.8) is 0 Å². The number of aryl methyl sites for hydroxylation is 1. The van der Waals surface area contributed by atoms with E-state index in [0.717, 1.165) is 5.56 Å². The van der Waals surface area contributed by atoms with E-state index >= 15 is 0 Å². The van der Waals surface area contributed by atoms with Crippen molar-refractivity contribution in [2.24, 2.45) is 0 Å². The smallest absolute Gasteiger partial charge is 0.223 e. The minimum absolute atomic E-state index is 0.0730. The number of aromatic nitrogens is 3. The van der Waals surface area contributed by atoms with Gasteiger partial charge in [-0.2, -0.15) is 4.98 Å². The van der Waals surface area contributed by atoms with E-state index in [1.54, 1.807) is 19.3 Å². The van der Waals surface area contributed by atoms with E-state index in [1.165, 1.54) is 0 Å². The van der Waals surface area contributed by atoms with Gasteiger partial charge in [0, 0.05) is 19.3 Å². The lowest BCUT2D eigenvalue weighted by atomic mass is 10.1. The Morgan fingerprint density at radius 3 is 2.87 bits per heavy atom. The molecule has 0 aliphatic heterocycles. The van der Waals surface area contributed by atoms with Crippen LogP contribution in [0.25, 0.3) is 0 Å². The molecule has 1 N–H and O–H groups in total. The van der Waals surface area contributed by atoms with Crippen LogP contribution in [-0.4, -0.2) is 22.2 Å². The molecule has 0 radical (unpaired) electrons. The van der Waals surface area contributed by atoms with Crippen LogP contribution in [-0.2, 0) is 0 Å². The number of nitrogens with one attached hydrogen (secondary N) is 1. The minimum Gasteiger partial charge on any atom is -0.340 e. The maximum absolute atomic E-state index is 4.95. The Kier molecular flexibility index (Phi) is 2.73. The highest BCUT2D eigenvalue weighted by Gasteiger charge is 2.17. The molecule has 0 aliphatic rings. The van der Waals surface area contributed by atoms with Crippen LogP contribution in [0.3, 0.4) is 0 Å². The third-order valence-electron chi connectivity index (χ3n) is 2.11. The predicted molar refractivity (Wildman–Crippen MR) is 54.2 cm³/mol. The van der Waals surface area contributed by atoms with Crippen LogP contribution in [0.5, 0.6) is 0 Å². The standard InChI is InChI=1S/C10H12N4O/c1-7-13-10(14-15-7)9(11-2)8-4-3-5-12-6-8/h3-6,9,11H,1-2H3/t9-/m1/s1. The molecule has 0 saturated heterocycles. The Hall–Kier alpha value is -1.75. The highest BCUT2D eigenvalue weighted by Crippen LogP contribution is 2.17. The summed E-state index contributed by atoms with van der Waals surface area (Å²) < 4.78 is 4.95. The van der Waals surface area contributed by atoms with Crippen LogP contribution in [0.15, 0.2) is 29.0 Å². The molecule has 2 heterocycles. The first-order valence-electron chi connectivity index (χ1n) is 4.68. The van der Waals surface area contributed by atoms with Gasteiger partial charge >= 0.3 is 0 Å². The number of hydrogen-bond acceptors (Lipinski definition) is 5. The van der Waals surface area contributed by atoms with Crippen molar-refractivity contribution >= 4 is 0 Å². The highest BCUT2D eigenvalue weighted by molar-refractivity contribution is 5.20. The zero-order valence-corrected chi connectivity index (χ0v) is 8.64. The molecule has 2 aromatic rings. The first kappa shape index (κ1) is 9.79. The maximum atomic E-state index is 4.95. The van der Waals surface area contributed by atoms with Crippen LogP contribution in [0.4, 0.5) is 0 Å². The topological polar surface area (TPSA) is 63.8 Å². The molecule has 2 rings (SSSR count). The fourth-order valence-corrected chi connectivity index (χ4v) is 1.42. The molecule has 0 aromatic carbocycles. The Morgan fingerprint density at radius 2 is 2.33 bits per heavy atom. The summed E-state index contributed by atoms with van der Waals surface area (Å²) in [5.41, 5.74) is 1.01. The lowest BCUT2D eigenvalue weighted by Gasteiger charge is -2.10. The van der Waals surface area contributed by atoms with Crippen molar-refractivity contribution < 1.29 is 4.52 Å². The zero-order chi connectivity index (χ0) is 10.7. The largest absolute Gasteiger partial charge is 0.340 e. The summed E-state index contributed by atoms with van der Waals surface area (Å²) in [6.07, 6.45) is 3.52. The molecular formula is C10H12N4O. The number of rotatable bonds is 3. The molecule has 0 unspecified atom stereocenters. The van der Waals surface area contributed by atoms with Gasteiger partial charge < -0.3 is 9.84 Å². The van der Waals surface area contributed by atoms with Crippen LogP contribution in [0.1, 0.15) is 23.3 Å². The summed E-state index contributed by atoms with van der Waals surface area (Å²) in [6, 6.07) is 3.78. The van der Waals surface area contributed by atoms with Crippen LogP contribution >= 0.6 is 0 Å². The molecule has 78 valence electrons. The Labute approximate surface area is 87.5 Å². The minimum atomic E-state index is -0.0730. The van der Waals surface area contributed by atoms with E-state index in [9.17, 15) is 0 Å². The van der Waals surface area contributed by atoms with Crippen molar-refractivity contribution in [2.45, 2.75) is 13.0 Å². The average molecular weight is 204 g/mol. The number of pyridine rings is 1. The fraction of sp³-hybridized carbons (Fsp3) is 0.300. The summed E-state index contributed by atoms with van der Waals surface area (Å²) in [6.45, 7) is 1.77. The zero-order valence-electron chi connectivity index (χ0n) is 8.64. The molecule has 15 heavy (non-hydrogen) atoms. The third-order valence-corrected chi connectivity index (χ3v) is 2.11. The average Bonchev–Trinajstić information content (AvgIpc) is 2.68. The fourth-order valence-electron chi connectivity index (χ4n) is 1.42. The highest BCUT2D eigenvalue weighted by atomic mass is 16.5. The summed E-state index contributed by atoms with van der Waals surface area (Å²) in [5.74, 6) is 1.19. The lowest BCUT2D eigenvalue weighted by molar-refractivity contribution is 0.383. The summed E-state index contributed by atoms with van der Waals surface area (Å²) >= 11 is 0. The molecule has 0 amide bonds. The van der Waals surface area contributed by atoms with Gasteiger partial charge in [-0.1, -0.05) is 11.2 Å². The van der Waals surface area contributed by atoms with Gasteiger partial charge in [-0.15, -0.1) is 0 Å². The van der Waals surface area contributed by atoms with Gasteiger partial charge in [0.25, 0.3) is 0 Å². The molecule has 2 aromatic heterocycles. The maximum Gasteiger partial charge on any atom is 0.223 e. The molecule has 0 bridgehead atoms. The quantitative estimate of drug-likeness (QED) is 0.810. The van der Waals surface area contributed by atoms with E-state index in [2.05, 4.69) is 20.4 Å². The van der Waals surface area contributed by atoms with E-state index in [4.69, 9.17) is 4.52 Å². The second kappa shape index (κ2) is 4.18. The Morgan fingerprint density at radius 1 is 1.47 bits per heavy atom. The van der Waals surface area contributed by atoms with Crippen LogP contribution < -0.4 is 5.32 Å².